The lowest BCUT2D eigenvalue weighted by Gasteiger charge is -2.19. The van der Waals surface area contributed by atoms with Crippen LogP contribution < -0.4 is 11.3 Å². The van der Waals surface area contributed by atoms with Crippen LogP contribution in [0.1, 0.15) is 35.9 Å². The average molecular weight is 541 g/mol. The quantitative estimate of drug-likeness (QED) is 0.323. The van der Waals surface area contributed by atoms with E-state index in [2.05, 4.69) is 5.10 Å². The van der Waals surface area contributed by atoms with Crippen molar-refractivity contribution in [1.29, 1.82) is 0 Å². The van der Waals surface area contributed by atoms with Crippen molar-refractivity contribution in [2.24, 2.45) is 5.73 Å². The molecule has 0 unspecified atom stereocenters. The van der Waals surface area contributed by atoms with Gasteiger partial charge in [-0.3, -0.25) is 19.0 Å². The molecule has 37 heavy (non-hydrogen) atoms. The molecule has 0 saturated heterocycles. The van der Waals surface area contributed by atoms with Gasteiger partial charge in [0.25, 0.3) is 5.56 Å². The van der Waals surface area contributed by atoms with E-state index in [-0.39, 0.29) is 35.2 Å². The van der Waals surface area contributed by atoms with Crippen LogP contribution >= 0.6 is 11.6 Å². The summed E-state index contributed by atoms with van der Waals surface area (Å²) in [7, 11) is -3.76. The summed E-state index contributed by atoms with van der Waals surface area (Å²) in [4.78, 5) is 38.8. The van der Waals surface area contributed by atoms with Gasteiger partial charge in [-0.05, 0) is 35.6 Å². The van der Waals surface area contributed by atoms with Crippen molar-refractivity contribution < 1.29 is 18.0 Å². The maximum absolute atomic E-state index is 13.8. The summed E-state index contributed by atoms with van der Waals surface area (Å²) in [5, 5.41) is 5.32. The van der Waals surface area contributed by atoms with Gasteiger partial charge in [-0.15, -0.1) is 0 Å². The first-order valence-electron chi connectivity index (χ1n) is 11.5. The molecule has 2 aromatic carbocycles. The molecule has 4 aromatic rings. The highest BCUT2D eigenvalue weighted by Gasteiger charge is 2.25. The minimum atomic E-state index is -3.76. The van der Waals surface area contributed by atoms with Crippen LogP contribution in [0, 0.1) is 0 Å². The van der Waals surface area contributed by atoms with Crippen molar-refractivity contribution >= 4 is 43.9 Å². The predicted octanol–water partition coefficient (Wildman–Crippen LogP) is 3.44. The summed E-state index contributed by atoms with van der Waals surface area (Å²) >= 11 is 6.30. The number of halogens is 1. The first-order chi connectivity index (χ1) is 17.5. The molecule has 11 heteroatoms. The fraction of sp³-hybridized carbons (Fsp3) is 0.231. The van der Waals surface area contributed by atoms with Gasteiger partial charge < -0.3 is 5.73 Å². The number of primary amides is 1. The summed E-state index contributed by atoms with van der Waals surface area (Å²) in [6.07, 6.45) is 1.73. The number of benzene rings is 2. The topological polar surface area (TPSA) is 134 Å². The van der Waals surface area contributed by atoms with E-state index in [1.54, 1.807) is 18.2 Å². The number of carbonyl (C=O) groups excluding carboxylic acids is 2. The Bertz CT molecular complexity index is 1690. The van der Waals surface area contributed by atoms with Gasteiger partial charge in [0.05, 0.1) is 17.9 Å². The number of sulfone groups is 1. The van der Waals surface area contributed by atoms with E-state index in [9.17, 15) is 22.8 Å². The van der Waals surface area contributed by atoms with Gasteiger partial charge in [0.2, 0.25) is 5.91 Å². The second-order valence-electron chi connectivity index (χ2n) is 8.71. The van der Waals surface area contributed by atoms with E-state index in [1.807, 2.05) is 37.3 Å². The molecular formula is C26H25ClN4O5S. The van der Waals surface area contributed by atoms with Gasteiger partial charge in [-0.25, -0.2) is 13.1 Å². The van der Waals surface area contributed by atoms with E-state index in [0.29, 0.717) is 27.8 Å². The number of carbonyl (C=O) groups is 2. The van der Waals surface area contributed by atoms with Gasteiger partial charge >= 0.3 is 0 Å². The molecule has 2 aromatic heterocycles. The third kappa shape index (κ3) is 5.35. The summed E-state index contributed by atoms with van der Waals surface area (Å²) < 4.78 is 27.0. The second-order valence-corrected chi connectivity index (χ2v) is 11.1. The van der Waals surface area contributed by atoms with E-state index >= 15 is 0 Å². The Balaban J connectivity index is 2.06. The molecule has 0 radical (unpaired) electrons. The van der Waals surface area contributed by atoms with Crippen LogP contribution in [0.25, 0.3) is 21.9 Å². The first kappa shape index (κ1) is 26.3. The number of hydrogen-bond acceptors (Lipinski definition) is 6. The van der Waals surface area contributed by atoms with Crippen LogP contribution in [0.5, 0.6) is 0 Å². The molecule has 4 rings (SSSR count). The number of rotatable bonds is 9. The van der Waals surface area contributed by atoms with Gasteiger partial charge in [0.1, 0.15) is 6.54 Å². The molecule has 9 nitrogen and oxygen atoms in total. The van der Waals surface area contributed by atoms with Crippen LogP contribution in [0.2, 0.25) is 5.02 Å². The number of aromatic nitrogens is 3. The molecule has 0 spiro atoms. The fourth-order valence-electron chi connectivity index (χ4n) is 4.35. The highest BCUT2D eigenvalue weighted by Crippen LogP contribution is 2.33. The highest BCUT2D eigenvalue weighted by molar-refractivity contribution is 7.90. The van der Waals surface area contributed by atoms with Crippen molar-refractivity contribution in [3.05, 3.63) is 81.4 Å². The molecule has 2 heterocycles. The van der Waals surface area contributed by atoms with Crippen molar-refractivity contribution in [2.75, 3.05) is 6.26 Å². The number of amides is 1. The second kappa shape index (κ2) is 10.3. The molecule has 0 aliphatic carbocycles. The first-order valence-corrected chi connectivity index (χ1v) is 13.8. The molecule has 0 saturated carbocycles. The monoisotopic (exact) mass is 540 g/mol. The molecule has 192 valence electrons. The van der Waals surface area contributed by atoms with Gasteiger partial charge in [0, 0.05) is 34.7 Å². The molecule has 0 atom stereocenters. The Morgan fingerprint density at radius 3 is 2.38 bits per heavy atom. The Morgan fingerprint density at radius 1 is 1.05 bits per heavy atom. The number of Topliss-reactive ketones (excluding diaryl/α,β-unsaturated/α-hetero) is 1. The normalized spacial score (nSPS) is 11.6. The van der Waals surface area contributed by atoms with E-state index in [0.717, 1.165) is 16.5 Å². The lowest BCUT2D eigenvalue weighted by atomic mass is 9.94. The molecule has 0 bridgehead atoms. The number of fused-ring (bicyclic) bond motifs is 1. The third-order valence-corrected chi connectivity index (χ3v) is 7.16. The number of nitrogens with zero attached hydrogens (tertiary/aromatic N) is 3. The summed E-state index contributed by atoms with van der Waals surface area (Å²) in [5.41, 5.74) is 6.46. The SMILES string of the molecule is CCCC(=O)c1c(-c2ccccc2)c2cc(Cl)ccc2c(=O)n1Cc1cc(S(C)(=O)=O)n(CC(N)=O)n1. The lowest BCUT2D eigenvalue weighted by molar-refractivity contribution is -0.118. The van der Waals surface area contributed by atoms with Crippen LogP contribution in [-0.4, -0.2) is 40.7 Å². The Morgan fingerprint density at radius 2 is 1.76 bits per heavy atom. The smallest absolute Gasteiger partial charge is 0.259 e. The number of ketones is 1. The zero-order chi connectivity index (χ0) is 26.9. The molecule has 0 aliphatic heterocycles. The number of pyridine rings is 1. The van der Waals surface area contributed by atoms with Crippen LogP contribution in [0.3, 0.4) is 0 Å². The minimum Gasteiger partial charge on any atom is -0.368 e. The van der Waals surface area contributed by atoms with Gasteiger partial charge in [0.15, 0.2) is 20.6 Å². The van der Waals surface area contributed by atoms with Gasteiger partial charge in [-0.1, -0.05) is 48.9 Å². The van der Waals surface area contributed by atoms with Crippen molar-refractivity contribution in [2.45, 2.75) is 37.9 Å². The Labute approximate surface area is 218 Å². The minimum absolute atomic E-state index is 0.179. The largest absolute Gasteiger partial charge is 0.368 e. The Hall–Kier alpha value is -3.76. The summed E-state index contributed by atoms with van der Waals surface area (Å²) in [6.45, 7) is 1.21. The van der Waals surface area contributed by atoms with Crippen molar-refractivity contribution in [1.82, 2.24) is 14.3 Å². The van der Waals surface area contributed by atoms with Crippen molar-refractivity contribution in [3.8, 4) is 11.1 Å². The zero-order valence-corrected chi connectivity index (χ0v) is 21.8. The van der Waals surface area contributed by atoms with E-state index in [1.165, 1.54) is 10.6 Å². The maximum Gasteiger partial charge on any atom is 0.259 e. The molecule has 0 aliphatic rings. The summed E-state index contributed by atoms with van der Waals surface area (Å²) in [6, 6.07) is 15.3. The predicted molar refractivity (Wildman–Crippen MR) is 142 cm³/mol. The number of hydrogen-bond donors (Lipinski definition) is 1. The van der Waals surface area contributed by atoms with E-state index < -0.39 is 27.8 Å². The Kier molecular flexibility index (Phi) is 7.33. The van der Waals surface area contributed by atoms with Gasteiger partial charge in [-0.2, -0.15) is 5.10 Å². The maximum atomic E-state index is 13.8. The molecule has 1 amide bonds. The van der Waals surface area contributed by atoms with Crippen LogP contribution in [0.4, 0.5) is 0 Å². The molecule has 2 N–H and O–H groups in total. The van der Waals surface area contributed by atoms with Crippen molar-refractivity contribution in [3.63, 3.8) is 0 Å². The fourth-order valence-corrected chi connectivity index (χ4v) is 5.36. The number of nitrogens with two attached hydrogens (primary N) is 1. The molecule has 0 fully saturated rings. The standard InChI is InChI=1S/C26H25ClN4O5S/c1-3-7-21(32)25-24(16-8-5-4-6-9-16)20-12-17(27)10-11-19(20)26(34)30(25)14-18-13-23(37(2,35)36)31(29-18)15-22(28)33/h4-6,8-13H,3,7,14-15H2,1-2H3,(H2,28,33). The molecular weight excluding hydrogens is 516 g/mol. The lowest BCUT2D eigenvalue weighted by Crippen LogP contribution is -2.28. The zero-order valence-electron chi connectivity index (χ0n) is 20.3. The van der Waals surface area contributed by atoms with Crippen LogP contribution in [-0.2, 0) is 27.7 Å². The van der Waals surface area contributed by atoms with Crippen LogP contribution in [0.15, 0.2) is 64.4 Å². The summed E-state index contributed by atoms with van der Waals surface area (Å²) in [5.74, 6) is -1.02. The average Bonchev–Trinajstić information content (AvgIpc) is 3.23. The third-order valence-electron chi connectivity index (χ3n) is 5.84. The van der Waals surface area contributed by atoms with E-state index in [4.69, 9.17) is 17.3 Å². The highest BCUT2D eigenvalue weighted by atomic mass is 35.5.